The molecule has 1 saturated heterocycles. The van der Waals surface area contributed by atoms with Gasteiger partial charge in [0.25, 0.3) is 0 Å². The van der Waals surface area contributed by atoms with Crippen molar-refractivity contribution in [1.82, 2.24) is 15.5 Å². The number of likely N-dealkylation sites (N-methyl/N-ethyl adjacent to an activating group) is 1. The molecule has 7 heteroatoms. The van der Waals surface area contributed by atoms with Crippen molar-refractivity contribution in [3.05, 3.63) is 0 Å². The average Bonchev–Trinajstić information content (AvgIpc) is 2.60. The summed E-state index contributed by atoms with van der Waals surface area (Å²) in [6, 6.07) is -2.07. The number of carboxylic acids is 1. The molecule has 1 heterocycles. The number of likely N-dealkylation sites (tertiary alicyclic amines) is 1. The summed E-state index contributed by atoms with van der Waals surface area (Å²) in [7, 11) is 1.67. The molecule has 2 unspecified atom stereocenters. The maximum Gasteiger partial charge on any atom is 0.326 e. The monoisotopic (exact) mass is 257 g/mol. The van der Waals surface area contributed by atoms with E-state index in [-0.39, 0.29) is 5.91 Å². The second-order valence-electron chi connectivity index (χ2n) is 4.40. The van der Waals surface area contributed by atoms with Crippen LogP contribution in [-0.2, 0) is 9.59 Å². The lowest BCUT2D eigenvalue weighted by Crippen LogP contribution is -2.50. The number of nitrogens with one attached hydrogen (secondary N) is 2. The number of hydrogen-bond donors (Lipinski definition) is 3. The summed E-state index contributed by atoms with van der Waals surface area (Å²) in [6.07, 6.45) is 1.57. The number of carbonyl (C=O) groups excluding carboxylic acids is 2. The molecule has 3 N–H and O–H groups in total. The fourth-order valence-electron chi connectivity index (χ4n) is 1.86. The van der Waals surface area contributed by atoms with Gasteiger partial charge in [0.2, 0.25) is 5.91 Å². The third-order valence-electron chi connectivity index (χ3n) is 2.91. The van der Waals surface area contributed by atoms with Crippen LogP contribution in [0, 0.1) is 0 Å². The summed E-state index contributed by atoms with van der Waals surface area (Å²) in [4.78, 5) is 35.5. The van der Waals surface area contributed by atoms with E-state index in [4.69, 9.17) is 5.11 Å². The van der Waals surface area contributed by atoms with Crippen molar-refractivity contribution < 1.29 is 19.5 Å². The first-order valence-electron chi connectivity index (χ1n) is 6.00. The molecule has 0 aliphatic carbocycles. The van der Waals surface area contributed by atoms with Crippen LogP contribution in [0.3, 0.4) is 0 Å². The summed E-state index contributed by atoms with van der Waals surface area (Å²) in [5, 5.41) is 13.7. The van der Waals surface area contributed by atoms with Gasteiger partial charge in [-0.2, -0.15) is 0 Å². The molecule has 0 aromatic rings. The first-order valence-corrected chi connectivity index (χ1v) is 6.00. The summed E-state index contributed by atoms with van der Waals surface area (Å²) in [5.41, 5.74) is 0. The predicted octanol–water partition coefficient (Wildman–Crippen LogP) is -0.230. The van der Waals surface area contributed by atoms with Crippen molar-refractivity contribution in [3.8, 4) is 0 Å². The Bertz CT molecular complexity index is 337. The van der Waals surface area contributed by atoms with Gasteiger partial charge in [0.15, 0.2) is 0 Å². The Morgan fingerprint density at radius 2 is 2.22 bits per heavy atom. The van der Waals surface area contributed by atoms with E-state index in [2.05, 4.69) is 10.6 Å². The number of urea groups is 1. The number of carboxylic acid groups (broad SMARTS) is 1. The molecule has 0 bridgehead atoms. The molecule has 0 aromatic carbocycles. The molecule has 0 spiro atoms. The maximum atomic E-state index is 11.6. The van der Waals surface area contributed by atoms with E-state index < -0.39 is 24.1 Å². The minimum absolute atomic E-state index is 0.146. The number of amides is 3. The van der Waals surface area contributed by atoms with E-state index in [0.717, 1.165) is 0 Å². The number of hydrogen-bond acceptors (Lipinski definition) is 3. The van der Waals surface area contributed by atoms with Crippen LogP contribution in [0.4, 0.5) is 4.79 Å². The second kappa shape index (κ2) is 6.23. The van der Waals surface area contributed by atoms with Crippen LogP contribution in [0.1, 0.15) is 26.2 Å². The maximum absolute atomic E-state index is 11.6. The van der Waals surface area contributed by atoms with Gasteiger partial charge in [-0.15, -0.1) is 0 Å². The van der Waals surface area contributed by atoms with Crippen molar-refractivity contribution in [2.45, 2.75) is 38.3 Å². The first kappa shape index (κ1) is 14.3. The number of nitrogens with zero attached hydrogens (tertiary/aromatic N) is 1. The molecular weight excluding hydrogens is 238 g/mol. The van der Waals surface area contributed by atoms with E-state index in [1.165, 1.54) is 4.90 Å². The highest BCUT2D eigenvalue weighted by atomic mass is 16.4. The lowest BCUT2D eigenvalue weighted by molar-refractivity contribution is -0.139. The average molecular weight is 257 g/mol. The van der Waals surface area contributed by atoms with Gasteiger partial charge >= 0.3 is 12.0 Å². The standard InChI is InChI=1S/C11H19N3O4/c1-3-4-8(10(16)17)13-11(18)12-7-5-6-14(2)9(7)15/h7-8H,3-6H2,1-2H3,(H,16,17)(H2,12,13,18). The topological polar surface area (TPSA) is 98.7 Å². The lowest BCUT2D eigenvalue weighted by atomic mass is 10.2. The normalized spacial score (nSPS) is 20.7. The quantitative estimate of drug-likeness (QED) is 0.633. The fourth-order valence-corrected chi connectivity index (χ4v) is 1.86. The van der Waals surface area contributed by atoms with Crippen LogP contribution < -0.4 is 10.6 Å². The van der Waals surface area contributed by atoms with Crippen molar-refractivity contribution in [2.75, 3.05) is 13.6 Å². The minimum Gasteiger partial charge on any atom is -0.480 e. The summed E-state index contributed by atoms with van der Waals surface area (Å²) < 4.78 is 0. The Balaban J connectivity index is 2.45. The number of rotatable bonds is 5. The van der Waals surface area contributed by atoms with Crippen LogP contribution >= 0.6 is 0 Å². The molecule has 2 atom stereocenters. The van der Waals surface area contributed by atoms with E-state index in [1.807, 2.05) is 6.92 Å². The highest BCUT2D eigenvalue weighted by Crippen LogP contribution is 2.08. The Hall–Kier alpha value is -1.79. The van der Waals surface area contributed by atoms with E-state index >= 15 is 0 Å². The van der Waals surface area contributed by atoms with Gasteiger partial charge < -0.3 is 20.6 Å². The molecule has 0 saturated carbocycles. The fraction of sp³-hybridized carbons (Fsp3) is 0.727. The molecule has 102 valence electrons. The summed E-state index contributed by atoms with van der Waals surface area (Å²) >= 11 is 0. The van der Waals surface area contributed by atoms with Gasteiger partial charge in [0.1, 0.15) is 12.1 Å². The van der Waals surface area contributed by atoms with Crippen LogP contribution in [0.15, 0.2) is 0 Å². The third-order valence-corrected chi connectivity index (χ3v) is 2.91. The van der Waals surface area contributed by atoms with Gasteiger partial charge in [-0.1, -0.05) is 13.3 Å². The summed E-state index contributed by atoms with van der Waals surface area (Å²) in [6.45, 7) is 2.44. The molecule has 1 aliphatic heterocycles. The van der Waals surface area contributed by atoms with Crippen LogP contribution in [-0.4, -0.2) is 53.6 Å². The first-order chi connectivity index (χ1) is 8.45. The van der Waals surface area contributed by atoms with Gasteiger partial charge in [-0.25, -0.2) is 9.59 Å². The zero-order valence-electron chi connectivity index (χ0n) is 10.6. The molecule has 1 aliphatic rings. The van der Waals surface area contributed by atoms with Gasteiger partial charge in [-0.05, 0) is 12.8 Å². The molecule has 18 heavy (non-hydrogen) atoms. The Morgan fingerprint density at radius 3 is 2.67 bits per heavy atom. The smallest absolute Gasteiger partial charge is 0.326 e. The predicted molar refractivity (Wildman–Crippen MR) is 64.0 cm³/mol. The molecule has 1 rings (SSSR count). The van der Waals surface area contributed by atoms with Crippen molar-refractivity contribution >= 4 is 17.9 Å². The van der Waals surface area contributed by atoms with Crippen LogP contribution in [0.25, 0.3) is 0 Å². The van der Waals surface area contributed by atoms with Crippen LogP contribution in [0.2, 0.25) is 0 Å². The second-order valence-corrected chi connectivity index (χ2v) is 4.40. The largest absolute Gasteiger partial charge is 0.480 e. The van der Waals surface area contributed by atoms with Gasteiger partial charge in [0, 0.05) is 13.6 Å². The van der Waals surface area contributed by atoms with Crippen molar-refractivity contribution in [1.29, 1.82) is 0 Å². The molecule has 0 radical (unpaired) electrons. The third kappa shape index (κ3) is 3.61. The van der Waals surface area contributed by atoms with E-state index in [9.17, 15) is 14.4 Å². The zero-order valence-corrected chi connectivity index (χ0v) is 10.6. The Morgan fingerprint density at radius 1 is 1.56 bits per heavy atom. The van der Waals surface area contributed by atoms with Crippen molar-refractivity contribution in [3.63, 3.8) is 0 Å². The van der Waals surface area contributed by atoms with E-state index in [1.54, 1.807) is 7.05 Å². The SMILES string of the molecule is CCCC(NC(=O)NC1CCN(C)C1=O)C(=O)O. The summed E-state index contributed by atoms with van der Waals surface area (Å²) in [5.74, 6) is -1.21. The Labute approximate surface area is 106 Å². The van der Waals surface area contributed by atoms with Crippen LogP contribution in [0.5, 0.6) is 0 Å². The lowest BCUT2D eigenvalue weighted by Gasteiger charge is -2.16. The molecule has 0 aromatic heterocycles. The molecule has 1 fully saturated rings. The van der Waals surface area contributed by atoms with Gasteiger partial charge in [0.05, 0.1) is 0 Å². The number of aliphatic carboxylic acids is 1. The van der Waals surface area contributed by atoms with Gasteiger partial charge in [-0.3, -0.25) is 4.79 Å². The molecule has 3 amide bonds. The molecular formula is C11H19N3O4. The minimum atomic E-state index is -1.07. The Kier molecular flexibility index (Phi) is 4.94. The highest BCUT2D eigenvalue weighted by molar-refractivity contribution is 5.89. The van der Waals surface area contributed by atoms with Crippen molar-refractivity contribution in [2.24, 2.45) is 0 Å². The molecule has 7 nitrogen and oxygen atoms in total. The zero-order chi connectivity index (χ0) is 13.7. The number of carbonyl (C=O) groups is 3. The highest BCUT2D eigenvalue weighted by Gasteiger charge is 2.31. The van der Waals surface area contributed by atoms with E-state index in [0.29, 0.717) is 25.8 Å².